The number of carbonyl (C=O) groups excluding carboxylic acids is 1. The van der Waals surface area contributed by atoms with Gasteiger partial charge in [0.1, 0.15) is 12.0 Å². The highest BCUT2D eigenvalue weighted by Gasteiger charge is 2.23. The van der Waals surface area contributed by atoms with Crippen molar-refractivity contribution in [1.29, 1.82) is 0 Å². The van der Waals surface area contributed by atoms with Crippen molar-refractivity contribution in [3.63, 3.8) is 0 Å². The van der Waals surface area contributed by atoms with Gasteiger partial charge in [-0.3, -0.25) is 4.79 Å². The molecule has 28 heavy (non-hydrogen) atoms. The van der Waals surface area contributed by atoms with Crippen LogP contribution in [-0.2, 0) is 11.3 Å². The molecule has 0 saturated carbocycles. The van der Waals surface area contributed by atoms with Gasteiger partial charge in [0.05, 0.1) is 6.54 Å². The third-order valence-corrected chi connectivity index (χ3v) is 4.56. The van der Waals surface area contributed by atoms with Gasteiger partial charge in [0.2, 0.25) is 11.8 Å². The summed E-state index contributed by atoms with van der Waals surface area (Å²) < 4.78 is 5.59. The summed E-state index contributed by atoms with van der Waals surface area (Å²) in [5.74, 6) is 1.52. The molecular formula is C20H28IN5O2. The van der Waals surface area contributed by atoms with Crippen LogP contribution in [-0.4, -0.2) is 47.9 Å². The van der Waals surface area contributed by atoms with E-state index in [0.717, 1.165) is 30.2 Å². The maximum Gasteiger partial charge on any atom is 0.226 e. The van der Waals surface area contributed by atoms with Crippen LogP contribution in [0.4, 0.5) is 0 Å². The Balaban J connectivity index is 0.00000280. The second-order valence-electron chi connectivity index (χ2n) is 6.86. The van der Waals surface area contributed by atoms with Gasteiger partial charge in [0.25, 0.3) is 0 Å². The first-order valence-corrected chi connectivity index (χ1v) is 9.35. The number of likely N-dealkylation sites (N-methyl/N-ethyl adjacent to an activating group) is 1. The maximum absolute atomic E-state index is 11.6. The Morgan fingerprint density at radius 3 is 2.79 bits per heavy atom. The number of likely N-dealkylation sites (tertiary alicyclic amines) is 1. The molecule has 0 spiro atoms. The lowest BCUT2D eigenvalue weighted by Crippen LogP contribution is -2.51. The number of carbonyl (C=O) groups is 1. The number of hydrogen-bond acceptors (Lipinski definition) is 4. The van der Waals surface area contributed by atoms with Crippen molar-refractivity contribution in [2.75, 3.05) is 20.1 Å². The summed E-state index contributed by atoms with van der Waals surface area (Å²) in [6.07, 6.45) is 3.03. The number of amides is 1. The van der Waals surface area contributed by atoms with Crippen LogP contribution in [0, 0.1) is 6.92 Å². The van der Waals surface area contributed by atoms with Gasteiger partial charge in [-0.25, -0.2) is 9.98 Å². The van der Waals surface area contributed by atoms with Crippen molar-refractivity contribution >= 4 is 35.8 Å². The first-order chi connectivity index (χ1) is 13.0. The maximum atomic E-state index is 11.6. The van der Waals surface area contributed by atoms with Gasteiger partial charge in [0.15, 0.2) is 5.96 Å². The number of aryl methyl sites for hydroxylation is 1. The zero-order chi connectivity index (χ0) is 19.2. The first kappa shape index (κ1) is 22.2. The summed E-state index contributed by atoms with van der Waals surface area (Å²) in [5.41, 5.74) is 2.93. The van der Waals surface area contributed by atoms with E-state index in [1.165, 1.54) is 5.56 Å². The van der Waals surface area contributed by atoms with Crippen molar-refractivity contribution in [2.24, 2.45) is 4.99 Å². The molecule has 7 nitrogen and oxygen atoms in total. The van der Waals surface area contributed by atoms with E-state index >= 15 is 0 Å². The zero-order valence-corrected chi connectivity index (χ0v) is 18.9. The number of oxazole rings is 1. The van der Waals surface area contributed by atoms with Crippen LogP contribution < -0.4 is 10.6 Å². The highest BCUT2D eigenvalue weighted by molar-refractivity contribution is 14.0. The lowest BCUT2D eigenvalue weighted by molar-refractivity contribution is -0.132. The molecule has 8 heteroatoms. The molecule has 0 aliphatic carbocycles. The fourth-order valence-electron chi connectivity index (χ4n) is 3.01. The number of benzene rings is 1. The SMILES string of the molecule is CCNC(=NCc1coc(-c2ccc(C)cc2)n1)NC1CCC(=O)N(C)C1.I. The van der Waals surface area contributed by atoms with Crippen LogP contribution in [0.2, 0.25) is 0 Å². The van der Waals surface area contributed by atoms with Gasteiger partial charge in [-0.15, -0.1) is 24.0 Å². The van der Waals surface area contributed by atoms with Gasteiger partial charge in [0, 0.05) is 38.2 Å². The fraction of sp³-hybridized carbons (Fsp3) is 0.450. The monoisotopic (exact) mass is 497 g/mol. The quantitative estimate of drug-likeness (QED) is 0.377. The molecule has 1 atom stereocenters. The number of hydrogen-bond donors (Lipinski definition) is 2. The van der Waals surface area contributed by atoms with Gasteiger partial charge in [-0.05, 0) is 32.4 Å². The largest absolute Gasteiger partial charge is 0.444 e. The van der Waals surface area contributed by atoms with E-state index < -0.39 is 0 Å². The Hall–Kier alpha value is -2.10. The summed E-state index contributed by atoms with van der Waals surface area (Å²) in [5, 5.41) is 6.66. The van der Waals surface area contributed by atoms with Gasteiger partial charge < -0.3 is 20.0 Å². The Kier molecular flexibility index (Phi) is 8.28. The van der Waals surface area contributed by atoms with Crippen molar-refractivity contribution in [3.05, 3.63) is 41.8 Å². The molecule has 1 unspecified atom stereocenters. The Labute approximate surface area is 183 Å². The van der Waals surface area contributed by atoms with E-state index in [4.69, 9.17) is 4.42 Å². The Bertz CT molecular complexity index is 803. The van der Waals surface area contributed by atoms with Crippen LogP contribution in [0.5, 0.6) is 0 Å². The normalized spacial score (nSPS) is 17.2. The van der Waals surface area contributed by atoms with Crippen molar-refractivity contribution in [1.82, 2.24) is 20.5 Å². The lowest BCUT2D eigenvalue weighted by Gasteiger charge is -2.31. The first-order valence-electron chi connectivity index (χ1n) is 9.35. The summed E-state index contributed by atoms with van der Waals surface area (Å²) in [6.45, 7) is 5.95. The molecule has 152 valence electrons. The smallest absolute Gasteiger partial charge is 0.226 e. The van der Waals surface area contributed by atoms with E-state index in [0.29, 0.717) is 25.4 Å². The standard InChI is InChI=1S/C20H27N5O2.HI/c1-4-21-20(24-16-9-10-18(26)25(3)12-16)22-11-17-13-27-19(23-17)15-7-5-14(2)6-8-15;/h5-8,13,16H,4,9-12H2,1-3H3,(H2,21,22,24);1H. The van der Waals surface area contributed by atoms with E-state index in [2.05, 4.69) is 27.5 Å². The fourth-order valence-corrected chi connectivity index (χ4v) is 3.01. The number of nitrogens with zero attached hydrogens (tertiary/aromatic N) is 3. The number of aromatic nitrogens is 1. The Morgan fingerprint density at radius 1 is 1.36 bits per heavy atom. The van der Waals surface area contributed by atoms with Crippen LogP contribution in [0.25, 0.3) is 11.5 Å². The summed E-state index contributed by atoms with van der Waals surface area (Å²) in [4.78, 5) is 22.5. The van der Waals surface area contributed by atoms with E-state index in [-0.39, 0.29) is 35.9 Å². The van der Waals surface area contributed by atoms with E-state index in [9.17, 15) is 4.79 Å². The molecular weight excluding hydrogens is 469 g/mol. The highest BCUT2D eigenvalue weighted by atomic mass is 127. The van der Waals surface area contributed by atoms with Gasteiger partial charge >= 0.3 is 0 Å². The predicted molar refractivity (Wildman–Crippen MR) is 121 cm³/mol. The van der Waals surface area contributed by atoms with Crippen LogP contribution >= 0.6 is 24.0 Å². The molecule has 1 aliphatic rings. The molecule has 1 aromatic heterocycles. The summed E-state index contributed by atoms with van der Waals surface area (Å²) in [7, 11) is 1.84. The minimum atomic E-state index is 0. The molecule has 0 bridgehead atoms. The number of nitrogens with one attached hydrogen (secondary N) is 2. The minimum Gasteiger partial charge on any atom is -0.444 e. The molecule has 2 heterocycles. The van der Waals surface area contributed by atoms with E-state index in [1.54, 1.807) is 11.2 Å². The summed E-state index contributed by atoms with van der Waals surface area (Å²) >= 11 is 0. The summed E-state index contributed by atoms with van der Waals surface area (Å²) in [6, 6.07) is 8.28. The molecule has 1 fully saturated rings. The molecule has 1 saturated heterocycles. The molecule has 2 N–H and O–H groups in total. The van der Waals surface area contributed by atoms with Crippen LogP contribution in [0.1, 0.15) is 31.0 Å². The predicted octanol–water partition coefficient (Wildman–Crippen LogP) is 2.94. The number of aliphatic imine (C=N–C) groups is 1. The van der Waals surface area contributed by atoms with Crippen LogP contribution in [0.3, 0.4) is 0 Å². The minimum absolute atomic E-state index is 0. The van der Waals surface area contributed by atoms with Crippen molar-refractivity contribution in [2.45, 2.75) is 39.3 Å². The van der Waals surface area contributed by atoms with Crippen molar-refractivity contribution in [3.8, 4) is 11.5 Å². The molecule has 1 aliphatic heterocycles. The van der Waals surface area contributed by atoms with E-state index in [1.807, 2.05) is 38.2 Å². The second-order valence-corrected chi connectivity index (χ2v) is 6.86. The average Bonchev–Trinajstić information content (AvgIpc) is 3.12. The zero-order valence-electron chi connectivity index (χ0n) is 16.6. The third kappa shape index (κ3) is 5.95. The molecule has 0 radical (unpaired) electrons. The van der Waals surface area contributed by atoms with Gasteiger partial charge in [-0.1, -0.05) is 17.7 Å². The number of rotatable bonds is 5. The molecule has 1 amide bonds. The average molecular weight is 497 g/mol. The number of guanidine groups is 1. The second kappa shape index (κ2) is 10.4. The van der Waals surface area contributed by atoms with Gasteiger partial charge in [-0.2, -0.15) is 0 Å². The Morgan fingerprint density at radius 2 is 2.11 bits per heavy atom. The lowest BCUT2D eigenvalue weighted by atomic mass is 10.1. The highest BCUT2D eigenvalue weighted by Crippen LogP contribution is 2.19. The van der Waals surface area contributed by atoms with Crippen LogP contribution in [0.15, 0.2) is 39.9 Å². The number of piperidine rings is 1. The van der Waals surface area contributed by atoms with Crippen molar-refractivity contribution < 1.29 is 9.21 Å². The molecule has 1 aromatic carbocycles. The molecule has 2 aromatic rings. The third-order valence-electron chi connectivity index (χ3n) is 4.56. The number of halogens is 1. The topological polar surface area (TPSA) is 82.8 Å². The molecule has 3 rings (SSSR count).